The molecular weight excluding hydrogens is 272 g/mol. The van der Waals surface area contributed by atoms with Crippen LogP contribution in [-0.4, -0.2) is 33.1 Å². The predicted octanol–water partition coefficient (Wildman–Crippen LogP) is 2.31. The van der Waals surface area contributed by atoms with E-state index < -0.39 is 4.92 Å². The summed E-state index contributed by atoms with van der Waals surface area (Å²) in [5.74, 6) is 0.157. The number of halogens is 1. The van der Waals surface area contributed by atoms with Gasteiger partial charge in [0.2, 0.25) is 11.1 Å². The minimum Gasteiger partial charge on any atom is -0.396 e. The zero-order chi connectivity index (χ0) is 14.3. The molecule has 19 heavy (non-hydrogen) atoms. The number of nitrogens with zero attached hydrogens (tertiary/aromatic N) is 3. The standard InChI is InChI=1S/C11H17ClN4O3/c1-8-9(16(18)19)10(15-11(12)14-8)13-6-4-2-3-5-7-17/h17H,2-7H2,1H3,(H,13,14,15). The van der Waals surface area contributed by atoms with Crippen LogP contribution in [0.3, 0.4) is 0 Å². The normalized spacial score (nSPS) is 10.5. The Morgan fingerprint density at radius 2 is 2.00 bits per heavy atom. The van der Waals surface area contributed by atoms with Gasteiger partial charge in [0.15, 0.2) is 0 Å². The molecule has 0 aliphatic heterocycles. The van der Waals surface area contributed by atoms with E-state index in [9.17, 15) is 10.1 Å². The summed E-state index contributed by atoms with van der Waals surface area (Å²) < 4.78 is 0. The maximum atomic E-state index is 10.9. The van der Waals surface area contributed by atoms with E-state index in [1.54, 1.807) is 0 Å². The van der Waals surface area contributed by atoms with Crippen LogP contribution >= 0.6 is 11.6 Å². The Bertz CT molecular complexity index is 442. The molecule has 0 saturated carbocycles. The number of unbranched alkanes of at least 4 members (excludes halogenated alkanes) is 3. The summed E-state index contributed by atoms with van der Waals surface area (Å²) in [6.07, 6.45) is 3.50. The number of aryl methyl sites for hydroxylation is 1. The van der Waals surface area contributed by atoms with Gasteiger partial charge in [0.25, 0.3) is 0 Å². The summed E-state index contributed by atoms with van der Waals surface area (Å²) in [6, 6.07) is 0. The molecule has 0 spiro atoms. The van der Waals surface area contributed by atoms with E-state index in [-0.39, 0.29) is 29.1 Å². The highest BCUT2D eigenvalue weighted by Crippen LogP contribution is 2.26. The second-order valence-electron chi connectivity index (χ2n) is 4.10. The van der Waals surface area contributed by atoms with Crippen LogP contribution in [0.5, 0.6) is 0 Å². The van der Waals surface area contributed by atoms with Crippen molar-refractivity contribution < 1.29 is 10.0 Å². The number of rotatable bonds is 8. The van der Waals surface area contributed by atoms with Crippen molar-refractivity contribution in [3.8, 4) is 0 Å². The highest BCUT2D eigenvalue weighted by Gasteiger charge is 2.21. The first-order chi connectivity index (χ1) is 9.06. The van der Waals surface area contributed by atoms with E-state index in [0.29, 0.717) is 6.54 Å². The Balaban J connectivity index is 2.59. The van der Waals surface area contributed by atoms with E-state index in [1.807, 2.05) is 0 Å². The molecule has 7 nitrogen and oxygen atoms in total. The van der Waals surface area contributed by atoms with Crippen molar-refractivity contribution >= 4 is 23.1 Å². The molecule has 1 heterocycles. The van der Waals surface area contributed by atoms with E-state index in [1.165, 1.54) is 6.92 Å². The topological polar surface area (TPSA) is 101 Å². The summed E-state index contributed by atoms with van der Waals surface area (Å²) in [5, 5.41) is 22.5. The molecular formula is C11H17ClN4O3. The first-order valence-corrected chi connectivity index (χ1v) is 6.47. The third-order valence-corrected chi connectivity index (χ3v) is 2.76. The molecule has 1 rings (SSSR count). The van der Waals surface area contributed by atoms with Gasteiger partial charge in [0.1, 0.15) is 5.69 Å². The van der Waals surface area contributed by atoms with Gasteiger partial charge in [-0.1, -0.05) is 12.8 Å². The van der Waals surface area contributed by atoms with E-state index in [4.69, 9.17) is 16.7 Å². The number of aromatic nitrogens is 2. The van der Waals surface area contributed by atoms with Crippen LogP contribution in [0.2, 0.25) is 5.28 Å². The number of hydrogen-bond acceptors (Lipinski definition) is 6. The highest BCUT2D eigenvalue weighted by atomic mass is 35.5. The second kappa shape index (κ2) is 7.85. The number of anilines is 1. The first-order valence-electron chi connectivity index (χ1n) is 6.09. The summed E-state index contributed by atoms with van der Waals surface area (Å²) >= 11 is 5.70. The summed E-state index contributed by atoms with van der Waals surface area (Å²) in [7, 11) is 0. The summed E-state index contributed by atoms with van der Waals surface area (Å²) in [4.78, 5) is 18.0. The number of nitrogens with one attached hydrogen (secondary N) is 1. The minimum absolute atomic E-state index is 0.00844. The fourth-order valence-electron chi connectivity index (χ4n) is 1.67. The predicted molar refractivity (Wildman–Crippen MR) is 72.5 cm³/mol. The van der Waals surface area contributed by atoms with Crippen molar-refractivity contribution in [2.75, 3.05) is 18.5 Å². The lowest BCUT2D eigenvalue weighted by molar-refractivity contribution is -0.385. The Morgan fingerprint density at radius 3 is 2.63 bits per heavy atom. The van der Waals surface area contributed by atoms with Crippen molar-refractivity contribution in [1.29, 1.82) is 0 Å². The Hall–Kier alpha value is -1.47. The largest absolute Gasteiger partial charge is 0.396 e. The van der Waals surface area contributed by atoms with Gasteiger partial charge in [-0.15, -0.1) is 0 Å². The van der Waals surface area contributed by atoms with E-state index >= 15 is 0 Å². The van der Waals surface area contributed by atoms with Gasteiger partial charge >= 0.3 is 5.69 Å². The molecule has 0 atom stereocenters. The molecule has 0 saturated heterocycles. The SMILES string of the molecule is Cc1nc(Cl)nc(NCCCCCCO)c1[N+](=O)[O-]. The van der Waals surface area contributed by atoms with Crippen molar-refractivity contribution in [2.24, 2.45) is 0 Å². The maximum absolute atomic E-state index is 10.9. The van der Waals surface area contributed by atoms with E-state index in [2.05, 4.69) is 15.3 Å². The average Bonchev–Trinajstić information content (AvgIpc) is 2.32. The molecule has 0 radical (unpaired) electrons. The minimum atomic E-state index is -0.514. The van der Waals surface area contributed by atoms with Crippen molar-refractivity contribution in [3.05, 3.63) is 21.1 Å². The maximum Gasteiger partial charge on any atom is 0.332 e. The number of aliphatic hydroxyl groups excluding tert-OH is 1. The molecule has 0 aliphatic rings. The number of nitro groups is 1. The average molecular weight is 289 g/mol. The molecule has 2 N–H and O–H groups in total. The Labute approximate surface area is 116 Å². The molecule has 0 unspecified atom stereocenters. The molecule has 0 aromatic carbocycles. The molecule has 0 bridgehead atoms. The van der Waals surface area contributed by atoms with Gasteiger partial charge in [0.05, 0.1) is 4.92 Å². The van der Waals surface area contributed by atoms with Crippen molar-refractivity contribution in [1.82, 2.24) is 9.97 Å². The smallest absolute Gasteiger partial charge is 0.332 e. The quantitative estimate of drug-likeness (QED) is 0.329. The second-order valence-corrected chi connectivity index (χ2v) is 4.44. The fraction of sp³-hybridized carbons (Fsp3) is 0.636. The van der Waals surface area contributed by atoms with Crippen LogP contribution in [0, 0.1) is 17.0 Å². The summed E-state index contributed by atoms with van der Waals surface area (Å²) in [6.45, 7) is 2.29. The molecule has 1 aromatic heterocycles. The van der Waals surface area contributed by atoms with Gasteiger partial charge < -0.3 is 10.4 Å². The van der Waals surface area contributed by atoms with Gasteiger partial charge in [0, 0.05) is 13.2 Å². The Kier molecular flexibility index (Phi) is 6.44. The lowest BCUT2D eigenvalue weighted by atomic mass is 10.2. The first kappa shape index (κ1) is 15.6. The van der Waals surface area contributed by atoms with Crippen LogP contribution in [0.25, 0.3) is 0 Å². The lowest BCUT2D eigenvalue weighted by Gasteiger charge is -2.07. The fourth-order valence-corrected chi connectivity index (χ4v) is 1.88. The van der Waals surface area contributed by atoms with Crippen LogP contribution < -0.4 is 5.32 Å². The third kappa shape index (κ3) is 4.96. The third-order valence-electron chi connectivity index (χ3n) is 2.59. The van der Waals surface area contributed by atoms with Gasteiger partial charge in [-0.25, -0.2) is 4.98 Å². The van der Waals surface area contributed by atoms with Crippen LogP contribution in [-0.2, 0) is 0 Å². The number of hydrogen-bond donors (Lipinski definition) is 2. The van der Waals surface area contributed by atoms with Crippen LogP contribution in [0.15, 0.2) is 0 Å². The zero-order valence-electron chi connectivity index (χ0n) is 10.7. The van der Waals surface area contributed by atoms with E-state index in [0.717, 1.165) is 25.7 Å². The van der Waals surface area contributed by atoms with Gasteiger partial charge in [-0.3, -0.25) is 10.1 Å². The van der Waals surface area contributed by atoms with Gasteiger partial charge in [-0.05, 0) is 31.4 Å². The zero-order valence-corrected chi connectivity index (χ0v) is 11.5. The Morgan fingerprint density at radius 1 is 1.32 bits per heavy atom. The summed E-state index contributed by atoms with van der Waals surface area (Å²) in [5.41, 5.74) is 0.104. The van der Waals surface area contributed by atoms with Crippen molar-refractivity contribution in [2.45, 2.75) is 32.6 Å². The van der Waals surface area contributed by atoms with Crippen LogP contribution in [0.4, 0.5) is 11.5 Å². The molecule has 0 amide bonds. The molecule has 0 fully saturated rings. The van der Waals surface area contributed by atoms with Crippen molar-refractivity contribution in [3.63, 3.8) is 0 Å². The highest BCUT2D eigenvalue weighted by molar-refractivity contribution is 6.28. The van der Waals surface area contributed by atoms with Crippen LogP contribution in [0.1, 0.15) is 31.4 Å². The molecule has 8 heteroatoms. The molecule has 106 valence electrons. The lowest BCUT2D eigenvalue weighted by Crippen LogP contribution is -2.09. The molecule has 0 aliphatic carbocycles. The molecule has 1 aromatic rings. The monoisotopic (exact) mass is 288 g/mol. The number of aliphatic hydroxyl groups is 1. The van der Waals surface area contributed by atoms with Gasteiger partial charge in [-0.2, -0.15) is 4.98 Å².